The van der Waals surface area contributed by atoms with Gasteiger partial charge in [-0.05, 0) is 12.8 Å². The molecular formula is C8H13Cl3N2O2. The smallest absolute Gasteiger partial charge is 0.409 e. The number of amides is 1. The van der Waals surface area contributed by atoms with Gasteiger partial charge in [-0.2, -0.15) is 0 Å². The van der Waals surface area contributed by atoms with Crippen molar-refractivity contribution in [3.8, 4) is 0 Å². The summed E-state index contributed by atoms with van der Waals surface area (Å²) in [6.45, 7) is 0.896. The summed E-state index contributed by atoms with van der Waals surface area (Å²) >= 11 is 16.4. The Labute approximate surface area is 104 Å². The fourth-order valence-electron chi connectivity index (χ4n) is 1.41. The Kier molecular flexibility index (Phi) is 4.77. The van der Waals surface area contributed by atoms with Gasteiger partial charge < -0.3 is 15.4 Å². The van der Waals surface area contributed by atoms with E-state index >= 15 is 0 Å². The van der Waals surface area contributed by atoms with Crippen LogP contribution in [0.4, 0.5) is 4.79 Å². The monoisotopic (exact) mass is 274 g/mol. The minimum absolute atomic E-state index is 0.0130. The Morgan fingerprint density at radius 3 is 2.73 bits per heavy atom. The third-order valence-electron chi connectivity index (χ3n) is 2.08. The average molecular weight is 276 g/mol. The predicted octanol–water partition coefficient (Wildman–Crippen LogP) is 1.92. The molecule has 4 nitrogen and oxygen atoms in total. The first kappa shape index (κ1) is 13.2. The van der Waals surface area contributed by atoms with E-state index < -0.39 is 9.89 Å². The van der Waals surface area contributed by atoms with E-state index in [4.69, 9.17) is 45.3 Å². The maximum atomic E-state index is 11.5. The van der Waals surface area contributed by atoms with Gasteiger partial charge in [-0.15, -0.1) is 0 Å². The normalized spacial score (nSPS) is 22.7. The van der Waals surface area contributed by atoms with E-state index in [-0.39, 0.29) is 12.6 Å². The van der Waals surface area contributed by atoms with Crippen LogP contribution in [0.1, 0.15) is 12.8 Å². The fraction of sp³-hybridized carbons (Fsp3) is 0.875. The molecule has 0 unspecified atom stereocenters. The van der Waals surface area contributed by atoms with Crippen LogP contribution in [0.25, 0.3) is 0 Å². The number of nitrogens with two attached hydrogens (primary N) is 1. The summed E-state index contributed by atoms with van der Waals surface area (Å²) in [5.74, 6) is 0. The van der Waals surface area contributed by atoms with Crippen molar-refractivity contribution >= 4 is 40.9 Å². The van der Waals surface area contributed by atoms with Gasteiger partial charge in [0.1, 0.15) is 6.61 Å². The summed E-state index contributed by atoms with van der Waals surface area (Å²) in [6.07, 6.45) is 1.33. The first-order chi connectivity index (χ1) is 6.88. The highest BCUT2D eigenvalue weighted by atomic mass is 35.6. The molecule has 1 fully saturated rings. The molecule has 0 spiro atoms. The fourth-order valence-corrected chi connectivity index (χ4v) is 1.57. The maximum absolute atomic E-state index is 11.5. The van der Waals surface area contributed by atoms with Gasteiger partial charge in [-0.3, -0.25) is 0 Å². The van der Waals surface area contributed by atoms with Crippen molar-refractivity contribution < 1.29 is 9.53 Å². The second-order valence-corrected chi connectivity index (χ2v) is 6.03. The first-order valence-corrected chi connectivity index (χ1v) is 5.76. The van der Waals surface area contributed by atoms with Crippen molar-refractivity contribution in [2.45, 2.75) is 22.7 Å². The molecule has 0 saturated carbocycles. The van der Waals surface area contributed by atoms with Gasteiger partial charge in [-0.1, -0.05) is 34.8 Å². The van der Waals surface area contributed by atoms with Crippen LogP contribution >= 0.6 is 34.8 Å². The molecule has 1 saturated heterocycles. The number of halogens is 3. The Bertz CT molecular complexity index is 232. The van der Waals surface area contributed by atoms with Gasteiger partial charge in [0.15, 0.2) is 0 Å². The topological polar surface area (TPSA) is 55.6 Å². The summed E-state index contributed by atoms with van der Waals surface area (Å²) in [7, 11) is 0. The molecule has 0 aromatic heterocycles. The highest BCUT2D eigenvalue weighted by molar-refractivity contribution is 6.67. The molecule has 7 heteroatoms. The quantitative estimate of drug-likeness (QED) is 0.744. The van der Waals surface area contributed by atoms with E-state index in [1.165, 1.54) is 4.90 Å². The van der Waals surface area contributed by atoms with Crippen molar-refractivity contribution in [3.63, 3.8) is 0 Å². The average Bonchev–Trinajstić information content (AvgIpc) is 2.13. The van der Waals surface area contributed by atoms with E-state index in [0.717, 1.165) is 12.8 Å². The van der Waals surface area contributed by atoms with Crippen molar-refractivity contribution in [2.75, 3.05) is 19.7 Å². The summed E-state index contributed by atoms with van der Waals surface area (Å²) in [5.41, 5.74) is 5.72. The lowest BCUT2D eigenvalue weighted by Gasteiger charge is -2.30. The van der Waals surface area contributed by atoms with Crippen LogP contribution in [0.5, 0.6) is 0 Å². The Morgan fingerprint density at radius 1 is 1.53 bits per heavy atom. The van der Waals surface area contributed by atoms with Crippen LogP contribution in [0, 0.1) is 0 Å². The molecule has 15 heavy (non-hydrogen) atoms. The van der Waals surface area contributed by atoms with E-state index in [1.54, 1.807) is 0 Å². The van der Waals surface area contributed by atoms with Crippen molar-refractivity contribution in [1.82, 2.24) is 4.90 Å². The summed E-state index contributed by atoms with van der Waals surface area (Å²) in [4.78, 5) is 13.0. The predicted molar refractivity (Wildman–Crippen MR) is 60.4 cm³/mol. The Hall–Kier alpha value is 0.1000. The van der Waals surface area contributed by atoms with Gasteiger partial charge >= 0.3 is 6.09 Å². The van der Waals surface area contributed by atoms with E-state index in [2.05, 4.69) is 0 Å². The second-order valence-electron chi connectivity index (χ2n) is 3.52. The first-order valence-electron chi connectivity index (χ1n) is 4.62. The second kappa shape index (κ2) is 5.43. The molecule has 0 radical (unpaired) electrons. The number of piperidine rings is 1. The van der Waals surface area contributed by atoms with E-state index in [9.17, 15) is 4.79 Å². The van der Waals surface area contributed by atoms with Crippen LogP contribution in [0.15, 0.2) is 0 Å². The van der Waals surface area contributed by atoms with Gasteiger partial charge in [0.2, 0.25) is 3.79 Å². The third-order valence-corrected chi connectivity index (χ3v) is 2.40. The van der Waals surface area contributed by atoms with Crippen LogP contribution in [-0.4, -0.2) is 40.5 Å². The molecule has 1 atom stereocenters. The minimum atomic E-state index is -1.56. The molecule has 88 valence electrons. The van der Waals surface area contributed by atoms with Crippen LogP contribution in [0.3, 0.4) is 0 Å². The van der Waals surface area contributed by atoms with Crippen LogP contribution in [0.2, 0.25) is 0 Å². The number of ether oxygens (including phenoxy) is 1. The highest BCUT2D eigenvalue weighted by Gasteiger charge is 2.26. The SMILES string of the molecule is N[C@@H]1CCCN(C(=O)OCC(Cl)(Cl)Cl)C1. The minimum Gasteiger partial charge on any atom is -0.445 e. The van der Waals surface area contributed by atoms with Gasteiger partial charge in [0, 0.05) is 19.1 Å². The van der Waals surface area contributed by atoms with Crippen molar-refractivity contribution in [2.24, 2.45) is 5.73 Å². The molecule has 0 aromatic carbocycles. The number of hydrogen-bond donors (Lipinski definition) is 1. The van der Waals surface area contributed by atoms with Crippen molar-refractivity contribution in [3.05, 3.63) is 0 Å². The lowest BCUT2D eigenvalue weighted by Crippen LogP contribution is -2.46. The Balaban J connectivity index is 2.33. The van der Waals surface area contributed by atoms with Gasteiger partial charge in [-0.25, -0.2) is 4.79 Å². The molecule has 1 aliphatic rings. The summed E-state index contributed by atoms with van der Waals surface area (Å²) in [6, 6.07) is 0.0130. The zero-order valence-electron chi connectivity index (χ0n) is 8.09. The standard InChI is InChI=1S/C8H13Cl3N2O2/c9-8(10,11)5-15-7(14)13-3-1-2-6(12)4-13/h6H,1-5,12H2/t6-/m1/s1. The number of nitrogens with zero attached hydrogens (tertiary/aromatic N) is 1. The lowest BCUT2D eigenvalue weighted by atomic mass is 10.1. The zero-order valence-corrected chi connectivity index (χ0v) is 10.4. The number of carbonyl (C=O) groups excluding carboxylic acids is 1. The number of alkyl halides is 3. The highest BCUT2D eigenvalue weighted by Crippen LogP contribution is 2.26. The van der Waals surface area contributed by atoms with Crippen LogP contribution in [-0.2, 0) is 4.74 Å². The number of carbonyl (C=O) groups is 1. The van der Waals surface area contributed by atoms with Gasteiger partial charge in [0.25, 0.3) is 0 Å². The molecule has 1 heterocycles. The molecular weight excluding hydrogens is 262 g/mol. The largest absolute Gasteiger partial charge is 0.445 e. The Morgan fingerprint density at radius 2 is 2.20 bits per heavy atom. The molecule has 1 aliphatic heterocycles. The van der Waals surface area contributed by atoms with Crippen molar-refractivity contribution in [1.29, 1.82) is 0 Å². The van der Waals surface area contributed by atoms with Gasteiger partial charge in [0.05, 0.1) is 0 Å². The number of rotatable bonds is 1. The zero-order chi connectivity index (χ0) is 11.5. The summed E-state index contributed by atoms with van der Waals surface area (Å²) < 4.78 is 3.27. The molecule has 0 aromatic rings. The summed E-state index contributed by atoms with van der Waals surface area (Å²) in [5, 5.41) is 0. The molecule has 1 amide bonds. The molecule has 1 rings (SSSR count). The molecule has 0 bridgehead atoms. The van der Waals surface area contributed by atoms with Crippen LogP contribution < -0.4 is 5.73 Å². The van der Waals surface area contributed by atoms with E-state index in [1.807, 2.05) is 0 Å². The maximum Gasteiger partial charge on any atom is 0.409 e. The molecule has 2 N–H and O–H groups in total. The third kappa shape index (κ3) is 5.11. The number of hydrogen-bond acceptors (Lipinski definition) is 3. The molecule has 0 aliphatic carbocycles. The van der Waals surface area contributed by atoms with E-state index in [0.29, 0.717) is 13.1 Å². The lowest BCUT2D eigenvalue weighted by molar-refractivity contribution is 0.0934. The number of likely N-dealkylation sites (tertiary alicyclic amines) is 1.